The van der Waals surface area contributed by atoms with Crippen LogP contribution in [0.3, 0.4) is 0 Å². The highest BCUT2D eigenvalue weighted by Gasteiger charge is 2.02. The molecule has 0 aliphatic heterocycles. The third-order valence-corrected chi connectivity index (χ3v) is 2.70. The monoisotopic (exact) mass is 193 g/mol. The molecule has 0 aliphatic rings. The predicted molar refractivity (Wildman–Crippen MR) is 60.4 cm³/mol. The third-order valence-electron chi connectivity index (χ3n) is 2.15. The van der Waals surface area contributed by atoms with Crippen molar-refractivity contribution in [1.29, 1.82) is 0 Å². The Kier molecular flexibility index (Phi) is 4.39. The number of hydrogen-bond donors (Lipinski definition) is 2. The highest BCUT2D eigenvalue weighted by molar-refractivity contribution is 7.80. The lowest BCUT2D eigenvalue weighted by Gasteiger charge is -2.08. The van der Waals surface area contributed by atoms with Crippen molar-refractivity contribution in [1.82, 2.24) is 0 Å². The summed E-state index contributed by atoms with van der Waals surface area (Å²) in [5.41, 5.74) is 2.44. The van der Waals surface area contributed by atoms with Crippen molar-refractivity contribution in [2.24, 2.45) is 0 Å². The van der Waals surface area contributed by atoms with Crippen LogP contribution in [0.5, 0.6) is 0 Å². The molecule has 1 rings (SSSR count). The average molecular weight is 193 g/mol. The maximum atomic E-state index is 8.61. The van der Waals surface area contributed by atoms with Gasteiger partial charge in [-0.1, -0.05) is 36.8 Å². The Balaban J connectivity index is 2.69. The van der Waals surface area contributed by atoms with Gasteiger partial charge in [0.15, 0.2) is 0 Å². The van der Waals surface area contributed by atoms with E-state index in [1.165, 1.54) is 13.0 Å². The van der Waals surface area contributed by atoms with Crippen molar-refractivity contribution >= 4 is 20.1 Å². The van der Waals surface area contributed by atoms with E-state index in [0.717, 1.165) is 11.3 Å². The summed E-state index contributed by atoms with van der Waals surface area (Å²) in [4.78, 5) is 0. The van der Waals surface area contributed by atoms with Crippen molar-refractivity contribution in [3.05, 3.63) is 35.4 Å². The predicted octanol–water partition coefficient (Wildman–Crippen LogP) is 1.83. The van der Waals surface area contributed by atoms with Gasteiger partial charge in [-0.25, -0.2) is 0 Å². The summed E-state index contributed by atoms with van der Waals surface area (Å²) >= 11 is 4.25. The summed E-state index contributed by atoms with van der Waals surface area (Å²) in [7, 11) is 1.18. The molecule has 0 aliphatic carbocycles. The fourth-order valence-electron chi connectivity index (χ4n) is 1.19. The average Bonchev–Trinajstić information content (AvgIpc) is 2.18. The zero-order chi connectivity index (χ0) is 9.68. The van der Waals surface area contributed by atoms with E-state index >= 15 is 0 Å². The smallest absolute Gasteiger partial charge is 0.291 e. The van der Waals surface area contributed by atoms with Crippen LogP contribution in [0.2, 0.25) is 0 Å². The largest absolute Gasteiger partial charge is 0.454 e. The molecule has 0 spiro atoms. The molecule has 0 aromatic heterocycles. The first-order valence-corrected chi connectivity index (χ1v) is 5.06. The van der Waals surface area contributed by atoms with E-state index in [2.05, 4.69) is 31.7 Å². The van der Waals surface area contributed by atoms with Crippen LogP contribution in [0.25, 0.3) is 0 Å². The van der Waals surface area contributed by atoms with Crippen molar-refractivity contribution in [3.8, 4) is 0 Å². The van der Waals surface area contributed by atoms with Gasteiger partial charge in [0.25, 0.3) is 7.48 Å². The number of hydrogen-bond acceptors (Lipinski definition) is 2. The Morgan fingerprint density at radius 1 is 1.38 bits per heavy atom. The molecule has 1 N–H and O–H groups in total. The molecule has 0 heterocycles. The Labute approximate surface area is 85.9 Å². The summed E-state index contributed by atoms with van der Waals surface area (Å²) in [6, 6.07) is 8.28. The Morgan fingerprint density at radius 3 is 2.46 bits per heavy atom. The minimum Gasteiger partial charge on any atom is -0.454 e. The minimum atomic E-state index is 0.496. The van der Waals surface area contributed by atoms with E-state index in [1.54, 1.807) is 0 Å². The summed E-state index contributed by atoms with van der Waals surface area (Å²) < 4.78 is 0. The first-order chi connectivity index (χ1) is 6.27. The SMILES string of the molecule is CC(CS)c1ccc(C[B]O)cc1. The molecular formula is C10H14BOS. The van der Waals surface area contributed by atoms with Crippen LogP contribution < -0.4 is 0 Å². The van der Waals surface area contributed by atoms with Crippen molar-refractivity contribution in [2.75, 3.05) is 5.75 Å². The van der Waals surface area contributed by atoms with Gasteiger partial charge in [-0.3, -0.25) is 0 Å². The molecule has 0 saturated carbocycles. The molecule has 69 valence electrons. The van der Waals surface area contributed by atoms with Crippen LogP contribution in [0.1, 0.15) is 24.0 Å². The normalized spacial score (nSPS) is 12.5. The van der Waals surface area contributed by atoms with E-state index in [0.29, 0.717) is 12.2 Å². The van der Waals surface area contributed by atoms with Crippen LogP contribution >= 0.6 is 12.6 Å². The quantitative estimate of drug-likeness (QED) is 0.552. The highest BCUT2D eigenvalue weighted by atomic mass is 32.1. The maximum absolute atomic E-state index is 8.61. The van der Waals surface area contributed by atoms with E-state index in [4.69, 9.17) is 5.02 Å². The van der Waals surface area contributed by atoms with Gasteiger partial charge >= 0.3 is 0 Å². The van der Waals surface area contributed by atoms with E-state index in [9.17, 15) is 0 Å². The molecule has 1 radical (unpaired) electrons. The van der Waals surface area contributed by atoms with Gasteiger partial charge < -0.3 is 5.02 Å². The van der Waals surface area contributed by atoms with Gasteiger partial charge in [0.1, 0.15) is 0 Å². The summed E-state index contributed by atoms with van der Waals surface area (Å²) in [5.74, 6) is 1.36. The second-order valence-corrected chi connectivity index (χ2v) is 3.58. The standard InChI is InChI=1S/C10H14BOS/c1-8(7-13)10-4-2-9(3-5-10)6-11-12/h2-5,8,12-13H,6-7H2,1H3. The van der Waals surface area contributed by atoms with Gasteiger partial charge in [0.05, 0.1) is 0 Å². The molecule has 1 unspecified atom stereocenters. The van der Waals surface area contributed by atoms with Crippen LogP contribution in [-0.4, -0.2) is 18.3 Å². The Bertz CT molecular complexity index is 248. The fourth-order valence-corrected chi connectivity index (χ4v) is 1.40. The van der Waals surface area contributed by atoms with Crippen LogP contribution in [-0.2, 0) is 6.32 Å². The van der Waals surface area contributed by atoms with Crippen molar-refractivity contribution < 1.29 is 5.02 Å². The van der Waals surface area contributed by atoms with E-state index in [1.807, 2.05) is 12.1 Å². The first-order valence-electron chi connectivity index (χ1n) is 4.43. The maximum Gasteiger partial charge on any atom is 0.291 e. The second kappa shape index (κ2) is 5.35. The first kappa shape index (κ1) is 10.7. The molecule has 0 saturated heterocycles. The Morgan fingerprint density at radius 2 is 2.00 bits per heavy atom. The third kappa shape index (κ3) is 3.09. The van der Waals surface area contributed by atoms with Crippen LogP contribution in [0, 0.1) is 0 Å². The lowest BCUT2D eigenvalue weighted by atomic mass is 9.89. The lowest BCUT2D eigenvalue weighted by Crippen LogP contribution is -1.97. The lowest BCUT2D eigenvalue weighted by molar-refractivity contribution is 0.600. The van der Waals surface area contributed by atoms with Crippen LogP contribution in [0.15, 0.2) is 24.3 Å². The zero-order valence-corrected chi connectivity index (χ0v) is 8.67. The van der Waals surface area contributed by atoms with E-state index < -0.39 is 0 Å². The Hall–Kier alpha value is -0.405. The fraction of sp³-hybridized carbons (Fsp3) is 0.400. The van der Waals surface area contributed by atoms with E-state index in [-0.39, 0.29) is 0 Å². The minimum absolute atomic E-state index is 0.496. The van der Waals surface area contributed by atoms with Gasteiger partial charge in [-0.2, -0.15) is 12.6 Å². The molecule has 1 aromatic carbocycles. The molecule has 0 amide bonds. The number of benzene rings is 1. The zero-order valence-electron chi connectivity index (χ0n) is 7.77. The molecule has 0 fully saturated rings. The van der Waals surface area contributed by atoms with Gasteiger partial charge in [-0.05, 0) is 23.6 Å². The topological polar surface area (TPSA) is 20.2 Å². The van der Waals surface area contributed by atoms with Gasteiger partial charge in [0, 0.05) is 0 Å². The van der Waals surface area contributed by atoms with Crippen molar-refractivity contribution in [2.45, 2.75) is 19.2 Å². The number of rotatable bonds is 4. The second-order valence-electron chi connectivity index (χ2n) is 3.21. The van der Waals surface area contributed by atoms with Crippen LogP contribution in [0.4, 0.5) is 0 Å². The summed E-state index contributed by atoms with van der Waals surface area (Å²) in [6.07, 6.45) is 0.621. The molecule has 1 nitrogen and oxygen atoms in total. The van der Waals surface area contributed by atoms with Gasteiger partial charge in [0.2, 0.25) is 0 Å². The highest BCUT2D eigenvalue weighted by Crippen LogP contribution is 2.16. The molecular weight excluding hydrogens is 179 g/mol. The molecule has 1 aromatic rings. The van der Waals surface area contributed by atoms with Gasteiger partial charge in [-0.15, -0.1) is 0 Å². The molecule has 1 atom stereocenters. The van der Waals surface area contributed by atoms with Crippen molar-refractivity contribution in [3.63, 3.8) is 0 Å². The summed E-state index contributed by atoms with van der Waals surface area (Å²) in [6.45, 7) is 2.15. The summed E-state index contributed by atoms with van der Waals surface area (Å²) in [5, 5.41) is 8.61. The number of thiol groups is 1. The molecule has 3 heteroatoms. The molecule has 13 heavy (non-hydrogen) atoms. The molecule has 0 bridgehead atoms.